The quantitative estimate of drug-likeness (QED) is 0.853. The summed E-state index contributed by atoms with van der Waals surface area (Å²) in [5.74, 6) is 0.256. The molecule has 16 heavy (non-hydrogen) atoms. The summed E-state index contributed by atoms with van der Waals surface area (Å²) in [5.41, 5.74) is 1.78. The lowest BCUT2D eigenvalue weighted by Crippen LogP contribution is -2.21. The van der Waals surface area contributed by atoms with Crippen LogP contribution in [0.25, 0.3) is 0 Å². The van der Waals surface area contributed by atoms with Crippen molar-refractivity contribution in [2.75, 3.05) is 13.1 Å². The average molecular weight is 225 g/mol. The molecule has 1 heterocycles. The SMILES string of the molecule is [2H]C1([2H])NC(=O)OC1C([2H])([2H])Oc1cc(C)cc(C)c1. The summed E-state index contributed by atoms with van der Waals surface area (Å²) in [6.45, 7) is -1.15. The smallest absolute Gasteiger partial charge is 0.407 e. The van der Waals surface area contributed by atoms with E-state index in [1.165, 1.54) is 0 Å². The molecule has 0 saturated carbocycles. The number of alkyl carbamates (subject to hydrolysis) is 1. The highest BCUT2D eigenvalue weighted by atomic mass is 16.6. The first kappa shape index (κ1) is 6.78. The molecule has 4 heteroatoms. The van der Waals surface area contributed by atoms with Gasteiger partial charge in [0.1, 0.15) is 12.3 Å². The molecule has 0 bridgehead atoms. The van der Waals surface area contributed by atoms with Crippen LogP contribution in [0.5, 0.6) is 5.75 Å². The second kappa shape index (κ2) is 4.43. The molecule has 1 saturated heterocycles. The molecule has 1 unspecified atom stereocenters. The molecule has 0 spiro atoms. The zero-order valence-electron chi connectivity index (χ0n) is 13.0. The first-order valence-electron chi connectivity index (χ1n) is 6.86. The number of benzene rings is 1. The predicted octanol–water partition coefficient (Wildman–Crippen LogP) is 1.79. The van der Waals surface area contributed by atoms with Gasteiger partial charge in [-0.2, -0.15) is 0 Å². The molecule has 1 aromatic rings. The first-order chi connectivity index (χ1) is 9.10. The van der Waals surface area contributed by atoms with Crippen LogP contribution in [0.3, 0.4) is 0 Å². The minimum absolute atomic E-state index is 0.256. The minimum Gasteiger partial charge on any atom is -0.490 e. The number of amides is 1. The van der Waals surface area contributed by atoms with Crippen molar-refractivity contribution in [2.24, 2.45) is 0 Å². The third-order valence-electron chi connectivity index (χ3n) is 2.01. The van der Waals surface area contributed by atoms with Crippen LogP contribution in [0.1, 0.15) is 16.6 Å². The maximum atomic E-state index is 11.1. The number of carbonyl (C=O) groups excluding carboxylic acids is 1. The van der Waals surface area contributed by atoms with E-state index in [1.54, 1.807) is 12.1 Å². The van der Waals surface area contributed by atoms with E-state index in [1.807, 2.05) is 25.2 Å². The van der Waals surface area contributed by atoms with Gasteiger partial charge in [-0.25, -0.2) is 4.79 Å². The Hall–Kier alpha value is -1.71. The van der Waals surface area contributed by atoms with Crippen molar-refractivity contribution >= 4 is 6.09 Å². The molecule has 1 N–H and O–H groups in total. The highest BCUT2D eigenvalue weighted by Gasteiger charge is 2.22. The van der Waals surface area contributed by atoms with Crippen molar-refractivity contribution in [3.05, 3.63) is 29.3 Å². The van der Waals surface area contributed by atoms with Gasteiger partial charge < -0.3 is 14.8 Å². The van der Waals surface area contributed by atoms with E-state index in [0.717, 1.165) is 11.1 Å². The fourth-order valence-corrected chi connectivity index (χ4v) is 1.46. The zero-order chi connectivity index (χ0) is 15.1. The molecule has 0 aromatic heterocycles. The molecule has 1 aromatic carbocycles. The van der Waals surface area contributed by atoms with Crippen molar-refractivity contribution in [1.82, 2.24) is 5.32 Å². The van der Waals surface area contributed by atoms with Crippen molar-refractivity contribution in [3.63, 3.8) is 0 Å². The van der Waals surface area contributed by atoms with E-state index >= 15 is 0 Å². The van der Waals surface area contributed by atoms with Crippen LogP contribution in [-0.4, -0.2) is 25.3 Å². The molecule has 1 atom stereocenters. The largest absolute Gasteiger partial charge is 0.490 e. The lowest BCUT2D eigenvalue weighted by atomic mass is 10.1. The van der Waals surface area contributed by atoms with Crippen LogP contribution in [0, 0.1) is 13.8 Å². The number of aryl methyl sites for hydroxylation is 2. The van der Waals surface area contributed by atoms with Gasteiger partial charge in [0.05, 0.1) is 12.0 Å². The van der Waals surface area contributed by atoms with E-state index in [-0.39, 0.29) is 5.75 Å². The number of nitrogens with one attached hydrogen (secondary N) is 1. The van der Waals surface area contributed by atoms with Crippen molar-refractivity contribution < 1.29 is 19.8 Å². The number of hydrogen-bond acceptors (Lipinski definition) is 3. The summed E-state index contributed by atoms with van der Waals surface area (Å²) in [6, 6.07) is 5.16. The summed E-state index contributed by atoms with van der Waals surface area (Å²) < 4.78 is 40.7. The number of carbonyl (C=O) groups is 1. The summed E-state index contributed by atoms with van der Waals surface area (Å²) in [5, 5.41) is 1.91. The van der Waals surface area contributed by atoms with E-state index in [0.29, 0.717) is 0 Å². The van der Waals surface area contributed by atoms with Crippen LogP contribution >= 0.6 is 0 Å². The minimum atomic E-state index is -2.50. The molecular weight excluding hydrogens is 206 g/mol. The molecule has 1 fully saturated rings. The molecule has 86 valence electrons. The Kier molecular flexibility index (Phi) is 1.88. The van der Waals surface area contributed by atoms with E-state index < -0.39 is 25.3 Å². The summed E-state index contributed by atoms with van der Waals surface area (Å²) in [6.07, 6.45) is -2.70. The van der Waals surface area contributed by atoms with Gasteiger partial charge in [-0.1, -0.05) is 6.07 Å². The van der Waals surface area contributed by atoms with Crippen LogP contribution in [0.15, 0.2) is 18.2 Å². The van der Waals surface area contributed by atoms with Gasteiger partial charge in [0.15, 0.2) is 6.10 Å². The molecule has 1 aliphatic heterocycles. The maximum absolute atomic E-state index is 11.1. The normalized spacial score (nSPS) is 26.9. The zero-order valence-corrected chi connectivity index (χ0v) is 9.03. The number of ether oxygens (including phenoxy) is 2. The first-order valence-corrected chi connectivity index (χ1v) is 4.86. The molecule has 0 radical (unpaired) electrons. The Morgan fingerprint density at radius 3 is 2.81 bits per heavy atom. The highest BCUT2D eigenvalue weighted by Crippen LogP contribution is 2.16. The van der Waals surface area contributed by atoms with Gasteiger partial charge in [0.25, 0.3) is 0 Å². The van der Waals surface area contributed by atoms with E-state index in [2.05, 4.69) is 4.74 Å². The van der Waals surface area contributed by atoms with Crippen LogP contribution < -0.4 is 10.1 Å². The summed E-state index contributed by atoms with van der Waals surface area (Å²) in [4.78, 5) is 11.1. The van der Waals surface area contributed by atoms with Crippen LogP contribution in [-0.2, 0) is 4.74 Å². The predicted molar refractivity (Wildman–Crippen MR) is 59.7 cm³/mol. The number of cyclic esters (lactones) is 1. The van der Waals surface area contributed by atoms with Gasteiger partial charge >= 0.3 is 6.09 Å². The molecule has 0 aliphatic carbocycles. The van der Waals surface area contributed by atoms with Gasteiger partial charge in [-0.05, 0) is 37.1 Å². The maximum Gasteiger partial charge on any atom is 0.407 e. The van der Waals surface area contributed by atoms with Gasteiger partial charge in [0, 0.05) is 0 Å². The summed E-state index contributed by atoms with van der Waals surface area (Å²) >= 11 is 0. The van der Waals surface area contributed by atoms with E-state index in [4.69, 9.17) is 10.2 Å². The third kappa shape index (κ3) is 2.66. The molecule has 1 aliphatic rings. The van der Waals surface area contributed by atoms with E-state index in [9.17, 15) is 4.79 Å². The van der Waals surface area contributed by atoms with Crippen molar-refractivity contribution in [2.45, 2.75) is 20.0 Å². The molecule has 4 nitrogen and oxygen atoms in total. The lowest BCUT2D eigenvalue weighted by molar-refractivity contribution is 0.105. The number of hydrogen-bond donors (Lipinski definition) is 1. The monoisotopic (exact) mass is 225 g/mol. The van der Waals surface area contributed by atoms with Crippen LogP contribution in [0.4, 0.5) is 4.79 Å². The Morgan fingerprint density at radius 1 is 1.56 bits per heavy atom. The van der Waals surface area contributed by atoms with Gasteiger partial charge in [-0.15, -0.1) is 0 Å². The Bertz CT molecular complexity index is 527. The average Bonchev–Trinajstić information content (AvgIpc) is 2.49. The van der Waals surface area contributed by atoms with Crippen molar-refractivity contribution in [1.29, 1.82) is 0 Å². The molecule has 2 rings (SSSR count). The Balaban J connectivity index is 2.24. The second-order valence-electron chi connectivity index (χ2n) is 3.60. The summed E-state index contributed by atoms with van der Waals surface area (Å²) in [7, 11) is 0. The fourth-order valence-electron chi connectivity index (χ4n) is 1.46. The molecule has 1 amide bonds. The van der Waals surface area contributed by atoms with Gasteiger partial charge in [0.2, 0.25) is 0 Å². The number of rotatable bonds is 3. The van der Waals surface area contributed by atoms with Gasteiger partial charge in [-0.3, -0.25) is 0 Å². The van der Waals surface area contributed by atoms with Crippen LogP contribution in [0.2, 0.25) is 0 Å². The standard InChI is InChI=1S/C12H15NO3/c1-8-3-9(2)5-10(4-8)15-7-11-6-13-12(14)16-11/h3-5,11H,6-7H2,1-2H3,(H,13,14)/i6D2,7D2. The highest BCUT2D eigenvalue weighted by molar-refractivity contribution is 5.69. The van der Waals surface area contributed by atoms with Crippen molar-refractivity contribution in [3.8, 4) is 5.75 Å². The molecular formula is C12H15NO3. The second-order valence-corrected chi connectivity index (χ2v) is 3.60. The third-order valence-corrected chi connectivity index (χ3v) is 2.01. The Morgan fingerprint density at radius 2 is 2.25 bits per heavy atom. The Labute approximate surface area is 100 Å². The topological polar surface area (TPSA) is 47.6 Å². The lowest BCUT2D eigenvalue weighted by Gasteiger charge is -2.11. The fraction of sp³-hybridized carbons (Fsp3) is 0.417.